The highest BCUT2D eigenvalue weighted by Crippen LogP contribution is 2.35. The summed E-state index contributed by atoms with van der Waals surface area (Å²) >= 11 is 0. The number of halogens is 4. The number of nitrogens with zero attached hydrogens (tertiary/aromatic N) is 4. The summed E-state index contributed by atoms with van der Waals surface area (Å²) in [6, 6.07) is 12.7. The Labute approximate surface area is 496 Å². The van der Waals surface area contributed by atoms with E-state index in [1.54, 1.807) is 25.2 Å². The number of aliphatic imine (C=N–C) groups is 2. The zero-order valence-corrected chi connectivity index (χ0v) is 49.9. The van der Waals surface area contributed by atoms with Crippen molar-refractivity contribution in [3.63, 3.8) is 0 Å². The molecule has 0 unspecified atom stereocenters. The zero-order valence-electron chi connectivity index (χ0n) is 49.1. The van der Waals surface area contributed by atoms with Gasteiger partial charge in [-0.15, -0.1) is 0 Å². The lowest BCUT2D eigenvalue weighted by Crippen LogP contribution is -2.50. The molecule has 0 radical (unpaired) electrons. The third-order valence-corrected chi connectivity index (χ3v) is 14.8. The monoisotopic (exact) mass is 1220 g/mol. The number of amides is 1. The van der Waals surface area contributed by atoms with Gasteiger partial charge in [-0.3, -0.25) is 14.6 Å². The summed E-state index contributed by atoms with van der Waals surface area (Å²) in [4.78, 5) is 36.3. The lowest BCUT2D eigenvalue weighted by Gasteiger charge is -2.38. The first-order chi connectivity index (χ1) is 41.2. The number of hydrogen-bond acceptors (Lipinski definition) is 18. The molecule has 3 aromatic rings. The molecule has 0 aliphatic carbocycles. The lowest BCUT2D eigenvalue weighted by atomic mass is 9.97. The van der Waals surface area contributed by atoms with E-state index in [1.165, 1.54) is 4.31 Å². The van der Waals surface area contributed by atoms with Crippen molar-refractivity contribution >= 4 is 45.3 Å². The molecule has 2 aliphatic heterocycles. The quantitative estimate of drug-likeness (QED) is 0.0117. The fraction of sp³-hybridized carbons (Fsp3) is 0.593. The van der Waals surface area contributed by atoms with Crippen molar-refractivity contribution in [2.24, 2.45) is 21.6 Å². The predicted octanol–water partition coefficient (Wildman–Crippen LogP) is 6.51. The molecule has 3 aromatic carbocycles. The largest absolute Gasteiger partial charge is 0.420 e. The van der Waals surface area contributed by atoms with E-state index in [4.69, 9.17) is 53.1 Å². The first kappa shape index (κ1) is 70.3. The van der Waals surface area contributed by atoms with Crippen molar-refractivity contribution in [3.05, 3.63) is 82.9 Å². The molecular formula is C59H84F4N6O15S. The number of benzene rings is 3. The van der Waals surface area contributed by atoms with E-state index in [0.29, 0.717) is 162 Å². The van der Waals surface area contributed by atoms with E-state index < -0.39 is 51.4 Å². The number of amidine groups is 2. The van der Waals surface area contributed by atoms with E-state index in [-0.39, 0.29) is 55.6 Å². The second-order valence-corrected chi connectivity index (χ2v) is 21.4. The van der Waals surface area contributed by atoms with Crippen molar-refractivity contribution in [1.82, 2.24) is 14.5 Å². The van der Waals surface area contributed by atoms with E-state index >= 15 is 0 Å². The first-order valence-corrected chi connectivity index (χ1v) is 30.3. The Morgan fingerprint density at radius 3 is 1.64 bits per heavy atom. The number of nitrogens with one attached hydrogen (secondary N) is 1. The molecule has 2 heterocycles. The van der Waals surface area contributed by atoms with Crippen LogP contribution in [0.2, 0.25) is 0 Å². The number of ether oxygens (including phenoxy) is 11. The Morgan fingerprint density at radius 2 is 1.14 bits per heavy atom. The smallest absolute Gasteiger partial charge is 0.313 e. The molecule has 1 saturated heterocycles. The van der Waals surface area contributed by atoms with Crippen LogP contribution in [0.25, 0.3) is 17.2 Å². The van der Waals surface area contributed by atoms with E-state index in [9.17, 15) is 35.6 Å². The topological polar surface area (TPSA) is 239 Å². The number of rotatable bonds is 45. The maximum Gasteiger partial charge on any atom is 0.313 e. The highest BCUT2D eigenvalue weighted by molar-refractivity contribution is 7.89. The molecule has 5 rings (SSSR count). The molecule has 0 bridgehead atoms. The van der Waals surface area contributed by atoms with Crippen LogP contribution in [0.4, 0.5) is 23.2 Å². The molecule has 85 heavy (non-hydrogen) atoms. The van der Waals surface area contributed by atoms with Crippen LogP contribution in [0, 0.1) is 29.2 Å². The molecule has 0 saturated carbocycles. The van der Waals surface area contributed by atoms with Gasteiger partial charge >= 0.3 is 5.97 Å². The van der Waals surface area contributed by atoms with Gasteiger partial charge in [-0.25, -0.2) is 22.2 Å². The number of carbonyl (C=O) groups excluding carboxylic acids is 2. The van der Waals surface area contributed by atoms with Gasteiger partial charge in [0, 0.05) is 69.8 Å². The summed E-state index contributed by atoms with van der Waals surface area (Å²) in [6.45, 7) is 14.0. The van der Waals surface area contributed by atoms with Gasteiger partial charge in [-0.05, 0) is 60.6 Å². The van der Waals surface area contributed by atoms with Crippen LogP contribution in [0.15, 0.2) is 69.0 Å². The molecule has 0 spiro atoms. The van der Waals surface area contributed by atoms with Crippen LogP contribution in [0.3, 0.4) is 0 Å². The van der Waals surface area contributed by atoms with Crippen LogP contribution in [-0.4, -0.2) is 213 Å². The second kappa shape index (κ2) is 40.1. The number of fused-ring (bicyclic) bond motifs is 1. The van der Waals surface area contributed by atoms with Crippen molar-refractivity contribution < 1.29 is 87.7 Å². The summed E-state index contributed by atoms with van der Waals surface area (Å²) in [5.74, 6) is -8.15. The fourth-order valence-electron chi connectivity index (χ4n) is 8.58. The minimum absolute atomic E-state index is 0.0152. The molecule has 0 atom stereocenters. The lowest BCUT2D eigenvalue weighted by molar-refractivity contribution is -0.136. The number of nitrogens with two attached hydrogens (primary N) is 1. The Hall–Kier alpha value is -5.49. The highest BCUT2D eigenvalue weighted by Gasteiger charge is 2.37. The van der Waals surface area contributed by atoms with Crippen molar-refractivity contribution in [2.75, 3.05) is 172 Å². The number of sulfonamides is 1. The third kappa shape index (κ3) is 25.4. The van der Waals surface area contributed by atoms with E-state index in [0.717, 1.165) is 41.8 Å². The van der Waals surface area contributed by atoms with Crippen LogP contribution >= 0.6 is 0 Å². The number of hydrogen-bond donors (Lipinski definition) is 2. The molecule has 21 nitrogen and oxygen atoms in total. The predicted molar refractivity (Wildman–Crippen MR) is 310 cm³/mol. The molecular weight excluding hydrogens is 1140 g/mol. The normalized spacial score (nSPS) is 13.9. The molecule has 1 amide bonds. The first-order valence-electron chi connectivity index (χ1n) is 28.8. The molecule has 474 valence electrons. The Morgan fingerprint density at radius 1 is 0.659 bits per heavy atom. The van der Waals surface area contributed by atoms with Gasteiger partial charge in [0.2, 0.25) is 33.3 Å². The van der Waals surface area contributed by atoms with Gasteiger partial charge in [-0.1, -0.05) is 38.1 Å². The maximum absolute atomic E-state index is 13.7. The minimum atomic E-state index is -3.71. The van der Waals surface area contributed by atoms with Gasteiger partial charge in [0.05, 0.1) is 155 Å². The Balaban J connectivity index is 0.761. The SMILES string of the molecule is CCCN(CCC)C(=O)C1=Cc2ccc(-c3cccc(S(=O)(=O)N4CC(CCC(=NC)NCCOCCOCCOCCOCCOCCOCCOCCOCCOCCOCCC(=O)Oc5c(F)c(F)cc(F)c5F)C4)c3)cc2N=C(N)C1. The van der Waals surface area contributed by atoms with Crippen LogP contribution < -0.4 is 15.8 Å². The van der Waals surface area contributed by atoms with Gasteiger partial charge in [-0.2, -0.15) is 13.1 Å². The average molecular weight is 1230 g/mol. The summed E-state index contributed by atoms with van der Waals surface area (Å²) in [5, 5.41) is 3.32. The maximum atomic E-state index is 13.7. The summed E-state index contributed by atoms with van der Waals surface area (Å²) < 4.78 is 142. The van der Waals surface area contributed by atoms with Crippen LogP contribution in [0.5, 0.6) is 5.75 Å². The van der Waals surface area contributed by atoms with Crippen LogP contribution in [0.1, 0.15) is 57.9 Å². The van der Waals surface area contributed by atoms with Gasteiger partial charge in [0.25, 0.3) is 0 Å². The Bertz CT molecular complexity index is 2670. The summed E-state index contributed by atoms with van der Waals surface area (Å²) in [7, 11) is -1.97. The standard InChI is InChI=1S/C59H84F4N6O15S/c1-4-15-68(16-5-2)59(71)48-37-47-11-10-46(39-52(47)67-53(64)40-48)45-7-6-8-49(38-45)85(72,73)69-42-44(43-69)9-12-54(65-3)66-14-18-75-20-22-77-24-26-79-28-30-81-32-34-83-36-35-82-33-31-80-29-27-78-25-23-76-21-19-74-17-13-55(70)84-58-56(62)50(60)41-51(61)57(58)63/h6-8,10-11,37-39,41,44H,4-5,9,12-36,40,42-43H2,1-3H3,(H2,64,67)(H,65,66). The van der Waals surface area contributed by atoms with Crippen molar-refractivity contribution in [2.45, 2.75) is 57.3 Å². The van der Waals surface area contributed by atoms with Gasteiger partial charge in [0.1, 0.15) is 5.84 Å². The summed E-state index contributed by atoms with van der Waals surface area (Å²) in [6.07, 6.45) is 4.95. The van der Waals surface area contributed by atoms with E-state index in [1.807, 2.05) is 35.2 Å². The van der Waals surface area contributed by atoms with Gasteiger partial charge < -0.3 is 68.1 Å². The fourth-order valence-corrected chi connectivity index (χ4v) is 10.2. The molecule has 26 heteroatoms. The summed E-state index contributed by atoms with van der Waals surface area (Å²) in [5.41, 5.74) is 9.88. The highest BCUT2D eigenvalue weighted by atomic mass is 32.2. The zero-order chi connectivity index (χ0) is 61.1. The van der Waals surface area contributed by atoms with Crippen molar-refractivity contribution in [1.29, 1.82) is 0 Å². The second-order valence-electron chi connectivity index (χ2n) is 19.5. The molecule has 3 N–H and O–H groups in total. The number of esters is 1. The van der Waals surface area contributed by atoms with Crippen LogP contribution in [-0.2, 0) is 67.0 Å². The molecule has 2 aliphatic rings. The number of carbonyl (C=O) groups is 2. The van der Waals surface area contributed by atoms with E-state index in [2.05, 4.69) is 33.9 Å². The Kier molecular flexibility index (Phi) is 33.1. The minimum Gasteiger partial charge on any atom is -0.420 e. The molecule has 0 aromatic heterocycles. The molecule has 1 fully saturated rings. The third-order valence-electron chi connectivity index (χ3n) is 13.0. The van der Waals surface area contributed by atoms with Crippen molar-refractivity contribution in [3.8, 4) is 16.9 Å². The average Bonchev–Trinajstić information content (AvgIpc) is 3.81. The van der Waals surface area contributed by atoms with Gasteiger partial charge in [0.15, 0.2) is 11.6 Å².